The molecule has 4 atom stereocenters. The van der Waals surface area contributed by atoms with E-state index in [4.69, 9.17) is 23.2 Å². The number of likely N-dealkylation sites (tertiary alicyclic amines) is 1. The lowest BCUT2D eigenvalue weighted by molar-refractivity contribution is -0.154. The van der Waals surface area contributed by atoms with Gasteiger partial charge in [-0.2, -0.15) is 0 Å². The molecule has 1 heterocycles. The summed E-state index contributed by atoms with van der Waals surface area (Å²) < 4.78 is 0. The monoisotopic (exact) mass is 499 g/mol. The minimum atomic E-state index is -0.564. The van der Waals surface area contributed by atoms with Gasteiger partial charge in [-0.05, 0) is 74.4 Å². The van der Waals surface area contributed by atoms with Gasteiger partial charge in [-0.25, -0.2) is 0 Å². The predicted octanol–water partition coefficient (Wildman–Crippen LogP) is 8.17. The maximum Gasteiger partial charge on any atom is 0.229 e. The molecule has 0 N–H and O–H groups in total. The van der Waals surface area contributed by atoms with Gasteiger partial charge in [-0.3, -0.25) is 4.79 Å². The summed E-state index contributed by atoms with van der Waals surface area (Å²) in [5.41, 5.74) is 1.62. The van der Waals surface area contributed by atoms with Crippen LogP contribution in [0, 0.1) is 5.41 Å². The topological polar surface area (TPSA) is 37.4 Å². The Kier molecular flexibility index (Phi) is 9.01. The molecule has 0 radical (unpaired) electrons. The van der Waals surface area contributed by atoms with E-state index in [2.05, 4.69) is 31.4 Å². The summed E-state index contributed by atoms with van der Waals surface area (Å²) in [6.45, 7) is 9.75. The number of rotatable bonds is 10. The van der Waals surface area contributed by atoms with Gasteiger partial charge in [-0.15, -0.1) is 6.58 Å². The molecule has 1 aliphatic rings. The van der Waals surface area contributed by atoms with Gasteiger partial charge in [0.1, 0.15) is 5.78 Å². The molecule has 0 aromatic heterocycles. The van der Waals surface area contributed by atoms with E-state index in [1.54, 1.807) is 6.92 Å². The second-order valence-electron chi connectivity index (χ2n) is 9.78. The van der Waals surface area contributed by atoms with Crippen LogP contribution in [-0.4, -0.2) is 22.6 Å². The summed E-state index contributed by atoms with van der Waals surface area (Å²) in [6.07, 6.45) is 6.07. The lowest BCUT2D eigenvalue weighted by Gasteiger charge is -2.52. The first-order chi connectivity index (χ1) is 16.2. The molecule has 0 saturated carbocycles. The number of carbonyl (C=O) groups is 2. The van der Waals surface area contributed by atoms with Gasteiger partial charge in [0.05, 0.1) is 11.5 Å². The smallest absolute Gasteiger partial charge is 0.229 e. The Bertz CT molecular complexity index is 1020. The first-order valence-corrected chi connectivity index (χ1v) is 12.9. The average molecular weight is 501 g/mol. The number of carbonyl (C=O) groups excluding carboxylic acids is 2. The predicted molar refractivity (Wildman–Crippen MR) is 141 cm³/mol. The summed E-state index contributed by atoms with van der Waals surface area (Å²) in [4.78, 5) is 27.9. The first-order valence-electron chi connectivity index (χ1n) is 12.1. The van der Waals surface area contributed by atoms with Crippen molar-refractivity contribution in [2.24, 2.45) is 5.41 Å². The maximum atomic E-state index is 14.2. The molecule has 3 nitrogen and oxygen atoms in total. The third kappa shape index (κ3) is 5.93. The van der Waals surface area contributed by atoms with E-state index in [9.17, 15) is 9.59 Å². The summed E-state index contributed by atoms with van der Waals surface area (Å²) in [7, 11) is 0. The van der Waals surface area contributed by atoms with Crippen molar-refractivity contribution in [3.8, 4) is 0 Å². The molecule has 34 heavy (non-hydrogen) atoms. The molecule has 2 aromatic carbocycles. The number of hydrogen-bond donors (Lipinski definition) is 0. The molecule has 1 aliphatic heterocycles. The zero-order valence-corrected chi connectivity index (χ0v) is 21.9. The molecule has 0 spiro atoms. The van der Waals surface area contributed by atoms with Crippen molar-refractivity contribution in [1.29, 1.82) is 0 Å². The summed E-state index contributed by atoms with van der Waals surface area (Å²) >= 11 is 12.6. The van der Waals surface area contributed by atoms with E-state index in [1.165, 1.54) is 0 Å². The Morgan fingerprint density at radius 2 is 1.88 bits per heavy atom. The number of allylic oxidation sites excluding steroid dienone is 1. The van der Waals surface area contributed by atoms with Gasteiger partial charge >= 0.3 is 0 Å². The van der Waals surface area contributed by atoms with Crippen LogP contribution in [0.1, 0.15) is 82.4 Å². The van der Waals surface area contributed by atoms with E-state index in [1.807, 2.05) is 48.5 Å². The molecule has 1 amide bonds. The molecule has 1 fully saturated rings. The largest absolute Gasteiger partial charge is 0.332 e. The van der Waals surface area contributed by atoms with Crippen LogP contribution >= 0.6 is 23.2 Å². The fraction of sp³-hybridized carbons (Fsp3) is 0.448. The Hall–Kier alpha value is -2.10. The molecule has 5 heteroatoms. The molecular formula is C29H35Cl2NO2. The van der Waals surface area contributed by atoms with Crippen molar-refractivity contribution < 1.29 is 9.59 Å². The minimum absolute atomic E-state index is 0.0265. The van der Waals surface area contributed by atoms with E-state index < -0.39 is 5.41 Å². The van der Waals surface area contributed by atoms with Crippen LogP contribution < -0.4 is 0 Å². The van der Waals surface area contributed by atoms with Gasteiger partial charge in [0, 0.05) is 28.4 Å². The van der Waals surface area contributed by atoms with Gasteiger partial charge in [-0.1, -0.05) is 67.4 Å². The minimum Gasteiger partial charge on any atom is -0.332 e. The summed E-state index contributed by atoms with van der Waals surface area (Å²) in [6, 6.07) is 15.7. The highest BCUT2D eigenvalue weighted by atomic mass is 35.5. The average Bonchev–Trinajstić information content (AvgIpc) is 2.79. The molecule has 2 aromatic rings. The number of Topliss-reactive ketones (excluding diaryl/α,β-unsaturated/α-hetero) is 1. The summed E-state index contributed by atoms with van der Waals surface area (Å²) in [5, 5.41) is 1.36. The fourth-order valence-corrected chi connectivity index (χ4v) is 5.74. The van der Waals surface area contributed by atoms with Crippen LogP contribution in [-0.2, 0) is 9.59 Å². The van der Waals surface area contributed by atoms with Crippen molar-refractivity contribution in [1.82, 2.24) is 4.90 Å². The molecular weight excluding hydrogens is 465 g/mol. The van der Waals surface area contributed by atoms with Crippen LogP contribution in [0.3, 0.4) is 0 Å². The molecule has 1 saturated heterocycles. The zero-order chi connectivity index (χ0) is 24.9. The lowest BCUT2D eigenvalue weighted by atomic mass is 9.67. The number of halogens is 2. The van der Waals surface area contributed by atoms with Crippen molar-refractivity contribution in [3.63, 3.8) is 0 Å². The van der Waals surface area contributed by atoms with E-state index >= 15 is 0 Å². The number of amides is 1. The Labute approximate surface area is 214 Å². The SMILES string of the molecule is C=CC[C@@]1(C)C[C@H](c2cccc(Cl)c2)C(c2ccc(Cl)cc2)N([C@@H](CC)CCCC(C)=O)C1=O. The fourth-order valence-electron chi connectivity index (χ4n) is 5.42. The second-order valence-corrected chi connectivity index (χ2v) is 10.7. The third-order valence-electron chi connectivity index (χ3n) is 7.12. The molecule has 0 aliphatic carbocycles. The van der Waals surface area contributed by atoms with E-state index in [-0.39, 0.29) is 29.7 Å². The highest BCUT2D eigenvalue weighted by Crippen LogP contribution is 2.52. The second kappa shape index (κ2) is 11.6. The zero-order valence-electron chi connectivity index (χ0n) is 20.4. The van der Waals surface area contributed by atoms with Crippen molar-refractivity contribution in [2.45, 2.75) is 77.3 Å². The van der Waals surface area contributed by atoms with Gasteiger partial charge in [0.2, 0.25) is 5.91 Å². The normalized spacial score (nSPS) is 23.6. The number of hydrogen-bond acceptors (Lipinski definition) is 2. The highest BCUT2D eigenvalue weighted by molar-refractivity contribution is 6.30. The molecule has 182 valence electrons. The van der Waals surface area contributed by atoms with Gasteiger partial charge in [0.15, 0.2) is 0 Å². The quantitative estimate of drug-likeness (QED) is 0.309. The highest BCUT2D eigenvalue weighted by Gasteiger charge is 2.50. The molecule has 3 rings (SSSR count). The van der Waals surface area contributed by atoms with Crippen LogP contribution in [0.4, 0.5) is 0 Å². The van der Waals surface area contributed by atoms with E-state index in [0.29, 0.717) is 29.3 Å². The Balaban J connectivity index is 2.15. The molecule has 1 unspecified atom stereocenters. The maximum absolute atomic E-state index is 14.2. The number of benzene rings is 2. The Morgan fingerprint density at radius 1 is 1.18 bits per heavy atom. The van der Waals surface area contributed by atoms with Crippen molar-refractivity contribution >= 4 is 34.9 Å². The van der Waals surface area contributed by atoms with Crippen LogP contribution in [0.15, 0.2) is 61.2 Å². The lowest BCUT2D eigenvalue weighted by Crippen LogP contribution is -2.55. The van der Waals surface area contributed by atoms with Gasteiger partial charge in [0.25, 0.3) is 0 Å². The van der Waals surface area contributed by atoms with Gasteiger partial charge < -0.3 is 9.69 Å². The third-order valence-corrected chi connectivity index (χ3v) is 7.60. The summed E-state index contributed by atoms with van der Waals surface area (Å²) in [5.74, 6) is 0.395. The van der Waals surface area contributed by atoms with Crippen LogP contribution in [0.5, 0.6) is 0 Å². The van der Waals surface area contributed by atoms with Crippen molar-refractivity contribution in [3.05, 3.63) is 82.4 Å². The van der Waals surface area contributed by atoms with Crippen LogP contribution in [0.2, 0.25) is 10.0 Å². The van der Waals surface area contributed by atoms with Crippen molar-refractivity contribution in [2.75, 3.05) is 0 Å². The first kappa shape index (κ1) is 26.5. The van der Waals surface area contributed by atoms with Crippen LogP contribution in [0.25, 0.3) is 0 Å². The van der Waals surface area contributed by atoms with E-state index in [0.717, 1.165) is 30.4 Å². The number of piperidine rings is 1. The molecule has 0 bridgehead atoms. The standard InChI is InChI=1S/C29H35Cl2NO2/c1-5-17-29(4)19-26(22-10-8-11-24(31)18-22)27(21-13-15-23(30)16-14-21)32(28(29)34)25(6-2)12-7-9-20(3)33/h5,8,10-11,13-16,18,25-27H,1,6-7,9,12,17,19H2,2-4H3/t25-,26+,27?,29-/m0/s1. The number of nitrogens with zero attached hydrogens (tertiary/aromatic N) is 1. The Morgan fingerprint density at radius 3 is 2.47 bits per heavy atom. The number of ketones is 1.